The zero-order chi connectivity index (χ0) is 21.6. The topological polar surface area (TPSA) is 78.8 Å². The molecule has 6 nitrogen and oxygen atoms in total. The maximum absolute atomic E-state index is 13.3. The van der Waals surface area contributed by atoms with Gasteiger partial charge in [-0.25, -0.2) is 13.8 Å². The molecule has 3 aromatic carbocycles. The van der Waals surface area contributed by atoms with Gasteiger partial charge in [0.25, 0.3) is 15.9 Å². The van der Waals surface area contributed by atoms with Gasteiger partial charge in [0.1, 0.15) is 6.54 Å². The number of benzene rings is 3. The van der Waals surface area contributed by atoms with Crippen LogP contribution in [0, 0.1) is 13.8 Å². The Morgan fingerprint density at radius 1 is 0.933 bits per heavy atom. The first kappa shape index (κ1) is 21.3. The summed E-state index contributed by atoms with van der Waals surface area (Å²) < 4.78 is 27.8. The molecule has 0 saturated carbocycles. The number of amides is 1. The van der Waals surface area contributed by atoms with Gasteiger partial charge >= 0.3 is 0 Å². The van der Waals surface area contributed by atoms with Gasteiger partial charge in [-0.3, -0.25) is 9.10 Å². The monoisotopic (exact) mass is 421 g/mol. The van der Waals surface area contributed by atoms with Crippen molar-refractivity contribution in [1.82, 2.24) is 5.43 Å². The smallest absolute Gasteiger partial charge is 0.264 e. The number of carbonyl (C=O) groups excluding carboxylic acids is 1. The summed E-state index contributed by atoms with van der Waals surface area (Å²) in [6.45, 7) is 3.29. The maximum atomic E-state index is 13.3. The van der Waals surface area contributed by atoms with Crippen molar-refractivity contribution in [3.63, 3.8) is 0 Å². The Morgan fingerprint density at radius 2 is 1.57 bits per heavy atom. The van der Waals surface area contributed by atoms with Crippen LogP contribution in [0.3, 0.4) is 0 Å². The summed E-state index contributed by atoms with van der Waals surface area (Å²) in [6.07, 6.45) is 1.50. The van der Waals surface area contributed by atoms with E-state index in [1.807, 2.05) is 43.3 Å². The summed E-state index contributed by atoms with van der Waals surface area (Å²) in [6, 6.07) is 22.9. The molecule has 0 fully saturated rings. The molecule has 3 aromatic rings. The molecule has 0 aliphatic rings. The lowest BCUT2D eigenvalue weighted by Crippen LogP contribution is -2.40. The average molecular weight is 422 g/mol. The fourth-order valence-electron chi connectivity index (χ4n) is 2.86. The van der Waals surface area contributed by atoms with Crippen molar-refractivity contribution in [3.8, 4) is 0 Å². The minimum absolute atomic E-state index is 0.122. The fraction of sp³-hybridized carbons (Fsp3) is 0.130. The second kappa shape index (κ2) is 9.37. The Labute approximate surface area is 176 Å². The SMILES string of the molecule is Cc1ccc(S(=O)(=O)N(CC(=O)NN=Cc2ccccc2)c2ccccc2C)cc1. The first-order valence-electron chi connectivity index (χ1n) is 9.40. The zero-order valence-electron chi connectivity index (χ0n) is 16.8. The molecule has 3 rings (SSSR count). The fourth-order valence-corrected chi connectivity index (χ4v) is 4.35. The van der Waals surface area contributed by atoms with Crippen molar-refractivity contribution < 1.29 is 13.2 Å². The second-order valence-corrected chi connectivity index (χ2v) is 8.68. The van der Waals surface area contributed by atoms with Crippen molar-refractivity contribution in [2.75, 3.05) is 10.8 Å². The lowest BCUT2D eigenvalue weighted by atomic mass is 10.2. The number of carbonyl (C=O) groups is 1. The van der Waals surface area contributed by atoms with Crippen molar-refractivity contribution in [2.24, 2.45) is 5.10 Å². The van der Waals surface area contributed by atoms with Crippen molar-refractivity contribution in [3.05, 3.63) is 95.6 Å². The Kier molecular flexibility index (Phi) is 6.64. The molecule has 0 atom stereocenters. The summed E-state index contributed by atoms with van der Waals surface area (Å²) >= 11 is 0. The summed E-state index contributed by atoms with van der Waals surface area (Å²) in [5.74, 6) is -0.541. The van der Waals surface area contributed by atoms with E-state index in [2.05, 4.69) is 10.5 Å². The quantitative estimate of drug-likeness (QED) is 0.467. The predicted octanol–water partition coefficient (Wildman–Crippen LogP) is 3.65. The standard InChI is InChI=1S/C23H23N3O3S/c1-18-12-14-21(15-13-18)30(28,29)26(22-11-7-6-8-19(22)2)17-23(27)25-24-16-20-9-4-3-5-10-20/h3-16H,17H2,1-2H3,(H,25,27). The molecule has 154 valence electrons. The van der Waals surface area contributed by atoms with E-state index in [1.54, 1.807) is 49.4 Å². The van der Waals surface area contributed by atoms with Gasteiger partial charge in [-0.2, -0.15) is 5.10 Å². The lowest BCUT2D eigenvalue weighted by molar-refractivity contribution is -0.119. The third kappa shape index (κ3) is 5.12. The lowest BCUT2D eigenvalue weighted by Gasteiger charge is -2.25. The number of aryl methyl sites for hydroxylation is 2. The van der Waals surface area contributed by atoms with Gasteiger partial charge in [-0.15, -0.1) is 0 Å². The molecule has 0 radical (unpaired) electrons. The Morgan fingerprint density at radius 3 is 2.23 bits per heavy atom. The highest BCUT2D eigenvalue weighted by Crippen LogP contribution is 2.26. The van der Waals surface area contributed by atoms with Crippen LogP contribution in [0.2, 0.25) is 0 Å². The second-order valence-electron chi connectivity index (χ2n) is 6.82. The van der Waals surface area contributed by atoms with E-state index < -0.39 is 22.5 Å². The first-order chi connectivity index (χ1) is 14.4. The van der Waals surface area contributed by atoms with Crippen LogP contribution in [-0.2, 0) is 14.8 Å². The van der Waals surface area contributed by atoms with Gasteiger partial charge in [-0.05, 0) is 43.2 Å². The Balaban J connectivity index is 1.87. The van der Waals surface area contributed by atoms with Crippen molar-refractivity contribution in [2.45, 2.75) is 18.7 Å². The van der Waals surface area contributed by atoms with E-state index in [4.69, 9.17) is 0 Å². The number of sulfonamides is 1. The van der Waals surface area contributed by atoms with Crippen molar-refractivity contribution in [1.29, 1.82) is 0 Å². The van der Waals surface area contributed by atoms with E-state index >= 15 is 0 Å². The number of hydrazone groups is 1. The van der Waals surface area contributed by atoms with E-state index in [0.717, 1.165) is 21.0 Å². The van der Waals surface area contributed by atoms with E-state index in [9.17, 15) is 13.2 Å². The molecule has 0 aliphatic heterocycles. The molecule has 0 saturated heterocycles. The summed E-state index contributed by atoms with van der Waals surface area (Å²) in [4.78, 5) is 12.7. The van der Waals surface area contributed by atoms with Crippen LogP contribution in [0.5, 0.6) is 0 Å². The highest BCUT2D eigenvalue weighted by atomic mass is 32.2. The summed E-state index contributed by atoms with van der Waals surface area (Å²) in [5, 5.41) is 3.93. The molecule has 1 amide bonds. The van der Waals surface area contributed by atoms with E-state index in [-0.39, 0.29) is 4.90 Å². The first-order valence-corrected chi connectivity index (χ1v) is 10.8. The number of nitrogens with zero attached hydrogens (tertiary/aromatic N) is 2. The molecule has 0 aliphatic carbocycles. The molecule has 0 bridgehead atoms. The number of nitrogens with one attached hydrogen (secondary N) is 1. The minimum Gasteiger partial charge on any atom is -0.271 e. The third-order valence-electron chi connectivity index (χ3n) is 4.48. The van der Waals surface area contributed by atoms with E-state index in [0.29, 0.717) is 5.69 Å². The van der Waals surface area contributed by atoms with Gasteiger partial charge in [0.2, 0.25) is 0 Å². The molecule has 0 heterocycles. The highest BCUT2D eigenvalue weighted by Gasteiger charge is 2.28. The van der Waals surface area contributed by atoms with Gasteiger partial charge in [-0.1, -0.05) is 66.2 Å². The predicted molar refractivity (Wildman–Crippen MR) is 119 cm³/mol. The highest BCUT2D eigenvalue weighted by molar-refractivity contribution is 7.92. The van der Waals surface area contributed by atoms with Gasteiger partial charge < -0.3 is 0 Å². The zero-order valence-corrected chi connectivity index (χ0v) is 17.6. The van der Waals surface area contributed by atoms with Crippen LogP contribution >= 0.6 is 0 Å². The average Bonchev–Trinajstić information content (AvgIpc) is 2.74. The number of anilines is 1. The van der Waals surface area contributed by atoms with E-state index in [1.165, 1.54) is 6.21 Å². The van der Waals surface area contributed by atoms with Crippen LogP contribution in [0.4, 0.5) is 5.69 Å². The number of rotatable bonds is 7. The molecular weight excluding hydrogens is 398 g/mol. The molecular formula is C23H23N3O3S. The summed E-state index contributed by atoms with van der Waals surface area (Å²) in [5.41, 5.74) is 5.37. The van der Waals surface area contributed by atoms with Gasteiger partial charge in [0.15, 0.2) is 0 Å². The largest absolute Gasteiger partial charge is 0.271 e. The van der Waals surface area contributed by atoms with Crippen LogP contribution in [0.1, 0.15) is 16.7 Å². The molecule has 7 heteroatoms. The van der Waals surface area contributed by atoms with Crippen molar-refractivity contribution >= 4 is 27.8 Å². The number of hydrogen-bond donors (Lipinski definition) is 1. The molecule has 0 spiro atoms. The number of hydrogen-bond acceptors (Lipinski definition) is 4. The van der Waals surface area contributed by atoms with Gasteiger partial charge in [0.05, 0.1) is 16.8 Å². The molecule has 0 unspecified atom stereocenters. The van der Waals surface area contributed by atoms with Crippen LogP contribution in [0.15, 0.2) is 88.9 Å². The Hall–Kier alpha value is -3.45. The van der Waals surface area contributed by atoms with Crippen LogP contribution in [0.25, 0.3) is 0 Å². The van der Waals surface area contributed by atoms with Gasteiger partial charge in [0, 0.05) is 0 Å². The molecule has 30 heavy (non-hydrogen) atoms. The minimum atomic E-state index is -3.95. The third-order valence-corrected chi connectivity index (χ3v) is 6.26. The normalized spacial score (nSPS) is 11.4. The Bertz CT molecular complexity index is 1140. The maximum Gasteiger partial charge on any atom is 0.264 e. The van der Waals surface area contributed by atoms with Crippen LogP contribution in [-0.4, -0.2) is 27.1 Å². The summed E-state index contributed by atoms with van der Waals surface area (Å²) in [7, 11) is -3.95. The molecule has 0 aromatic heterocycles. The molecule has 1 N–H and O–H groups in total. The van der Waals surface area contributed by atoms with Crippen LogP contribution < -0.4 is 9.73 Å². The number of para-hydroxylation sites is 1.